The summed E-state index contributed by atoms with van der Waals surface area (Å²) in [7, 11) is 0. The molecule has 114 valence electrons. The van der Waals surface area contributed by atoms with Crippen molar-refractivity contribution in [2.75, 3.05) is 6.54 Å². The lowest BCUT2D eigenvalue weighted by atomic mass is 9.98. The Labute approximate surface area is 125 Å². The van der Waals surface area contributed by atoms with Gasteiger partial charge in [0.1, 0.15) is 5.76 Å². The fourth-order valence-electron chi connectivity index (χ4n) is 2.14. The highest BCUT2D eigenvalue weighted by Crippen LogP contribution is 2.37. The second-order valence-corrected chi connectivity index (χ2v) is 4.99. The van der Waals surface area contributed by atoms with E-state index in [0.29, 0.717) is 12.3 Å². The van der Waals surface area contributed by atoms with Gasteiger partial charge in [0.15, 0.2) is 5.22 Å². The van der Waals surface area contributed by atoms with Crippen molar-refractivity contribution in [2.45, 2.75) is 25.6 Å². The number of hydrogen-bond acceptors (Lipinski definition) is 2. The van der Waals surface area contributed by atoms with Gasteiger partial charge in [-0.1, -0.05) is 25.1 Å². The van der Waals surface area contributed by atoms with Crippen LogP contribution >= 0.6 is 11.6 Å². The molecule has 6 heteroatoms. The Morgan fingerprint density at radius 2 is 1.90 bits per heavy atom. The highest BCUT2D eigenvalue weighted by atomic mass is 35.5. The minimum absolute atomic E-state index is 0.129. The van der Waals surface area contributed by atoms with Gasteiger partial charge in [-0.3, -0.25) is 0 Å². The van der Waals surface area contributed by atoms with Gasteiger partial charge in [-0.2, -0.15) is 13.2 Å². The van der Waals surface area contributed by atoms with Crippen molar-refractivity contribution in [3.05, 3.63) is 58.5 Å². The van der Waals surface area contributed by atoms with Gasteiger partial charge >= 0.3 is 6.18 Å². The summed E-state index contributed by atoms with van der Waals surface area (Å²) in [6.07, 6.45) is -3.63. The van der Waals surface area contributed by atoms with Crippen molar-refractivity contribution in [2.24, 2.45) is 0 Å². The molecule has 0 aliphatic heterocycles. The maximum atomic E-state index is 13.2. The summed E-state index contributed by atoms with van der Waals surface area (Å²) in [5.41, 5.74) is -0.546. The third-order valence-corrected chi connectivity index (χ3v) is 3.26. The maximum absolute atomic E-state index is 13.2. The number of alkyl halides is 3. The minimum atomic E-state index is -4.42. The molecular formula is C15H15ClF3NO. The van der Waals surface area contributed by atoms with Crippen LogP contribution in [0.2, 0.25) is 5.22 Å². The van der Waals surface area contributed by atoms with Crippen molar-refractivity contribution in [3.63, 3.8) is 0 Å². The van der Waals surface area contributed by atoms with Crippen molar-refractivity contribution in [1.29, 1.82) is 0 Å². The summed E-state index contributed by atoms with van der Waals surface area (Å²) in [6, 6.07) is 7.90. The van der Waals surface area contributed by atoms with Gasteiger partial charge in [0.05, 0.1) is 11.6 Å². The van der Waals surface area contributed by atoms with E-state index < -0.39 is 17.8 Å². The molecule has 1 N–H and O–H groups in total. The molecule has 0 fully saturated rings. The molecular weight excluding hydrogens is 303 g/mol. The fraction of sp³-hybridized carbons (Fsp3) is 0.333. The van der Waals surface area contributed by atoms with E-state index in [2.05, 4.69) is 5.32 Å². The number of benzene rings is 1. The molecule has 1 unspecified atom stereocenters. The molecule has 1 atom stereocenters. The lowest BCUT2D eigenvalue weighted by molar-refractivity contribution is -0.138. The summed E-state index contributed by atoms with van der Waals surface area (Å²) >= 11 is 5.74. The first-order valence-electron chi connectivity index (χ1n) is 6.58. The Morgan fingerprint density at radius 3 is 2.48 bits per heavy atom. The van der Waals surface area contributed by atoms with E-state index in [1.807, 2.05) is 6.92 Å². The average molecular weight is 318 g/mol. The quantitative estimate of drug-likeness (QED) is 0.835. The predicted molar refractivity (Wildman–Crippen MR) is 75.3 cm³/mol. The van der Waals surface area contributed by atoms with Crippen LogP contribution < -0.4 is 5.32 Å². The average Bonchev–Trinajstić information content (AvgIpc) is 2.85. The molecule has 2 nitrogen and oxygen atoms in total. The van der Waals surface area contributed by atoms with Crippen LogP contribution in [0.4, 0.5) is 13.2 Å². The standard InChI is InChI=1S/C15H15ClF3NO/c1-2-9-20-14(12-7-8-13(16)21-12)10-5-3-4-6-11(10)15(17,18)19/h3-8,14,20H,2,9H2,1H3. The van der Waals surface area contributed by atoms with Gasteiger partial charge in [0, 0.05) is 0 Å². The number of furan rings is 1. The smallest absolute Gasteiger partial charge is 0.416 e. The van der Waals surface area contributed by atoms with Crippen molar-refractivity contribution < 1.29 is 17.6 Å². The Morgan fingerprint density at radius 1 is 1.19 bits per heavy atom. The molecule has 0 saturated carbocycles. The van der Waals surface area contributed by atoms with E-state index >= 15 is 0 Å². The molecule has 0 saturated heterocycles. The fourth-order valence-corrected chi connectivity index (χ4v) is 2.29. The molecule has 0 aliphatic carbocycles. The van der Waals surface area contributed by atoms with Crippen LogP contribution in [0.1, 0.15) is 36.3 Å². The number of nitrogens with one attached hydrogen (secondary N) is 1. The second-order valence-electron chi connectivity index (χ2n) is 4.61. The molecule has 0 spiro atoms. The zero-order valence-corrected chi connectivity index (χ0v) is 12.1. The van der Waals surface area contributed by atoms with Crippen LogP contribution in [0, 0.1) is 0 Å². The van der Waals surface area contributed by atoms with Gasteiger partial charge in [0.2, 0.25) is 0 Å². The molecule has 1 aromatic carbocycles. The Kier molecular flexibility index (Phi) is 4.96. The van der Waals surface area contributed by atoms with Crippen LogP contribution in [-0.2, 0) is 6.18 Å². The van der Waals surface area contributed by atoms with Gasteiger partial charge in [0.25, 0.3) is 0 Å². The van der Waals surface area contributed by atoms with Crippen LogP contribution in [0.15, 0.2) is 40.8 Å². The number of halogens is 4. The highest BCUT2D eigenvalue weighted by Gasteiger charge is 2.35. The van der Waals surface area contributed by atoms with Gasteiger partial charge in [-0.25, -0.2) is 0 Å². The molecule has 21 heavy (non-hydrogen) atoms. The Hall–Kier alpha value is -1.46. The SMILES string of the molecule is CCCNC(c1ccc(Cl)o1)c1ccccc1C(F)(F)F. The van der Waals surface area contributed by atoms with Crippen molar-refractivity contribution in [1.82, 2.24) is 5.32 Å². The number of rotatable bonds is 5. The van der Waals surface area contributed by atoms with Crippen LogP contribution in [-0.4, -0.2) is 6.54 Å². The Bertz CT molecular complexity index is 595. The second kappa shape index (κ2) is 6.54. The molecule has 2 aromatic rings. The van der Waals surface area contributed by atoms with E-state index in [0.717, 1.165) is 12.5 Å². The highest BCUT2D eigenvalue weighted by molar-refractivity contribution is 6.28. The lowest BCUT2D eigenvalue weighted by Crippen LogP contribution is -2.25. The molecule has 2 rings (SSSR count). The predicted octanol–water partition coefficient (Wildman–Crippen LogP) is 5.04. The van der Waals surface area contributed by atoms with Gasteiger partial charge in [-0.15, -0.1) is 0 Å². The minimum Gasteiger partial charge on any atom is -0.448 e. The van der Waals surface area contributed by atoms with E-state index in [-0.39, 0.29) is 10.8 Å². The first-order valence-corrected chi connectivity index (χ1v) is 6.96. The molecule has 0 aliphatic rings. The third kappa shape index (κ3) is 3.80. The van der Waals surface area contributed by atoms with Gasteiger partial charge in [-0.05, 0) is 48.3 Å². The van der Waals surface area contributed by atoms with E-state index in [1.54, 1.807) is 12.1 Å². The zero-order chi connectivity index (χ0) is 15.5. The zero-order valence-electron chi connectivity index (χ0n) is 11.4. The molecule has 0 radical (unpaired) electrons. The molecule has 1 heterocycles. The topological polar surface area (TPSA) is 25.2 Å². The van der Waals surface area contributed by atoms with Crippen LogP contribution in [0.25, 0.3) is 0 Å². The maximum Gasteiger partial charge on any atom is 0.416 e. The summed E-state index contributed by atoms with van der Waals surface area (Å²) in [5, 5.41) is 3.23. The Balaban J connectivity index is 2.46. The van der Waals surface area contributed by atoms with Crippen LogP contribution in [0.3, 0.4) is 0 Å². The molecule has 0 bridgehead atoms. The molecule has 1 aromatic heterocycles. The summed E-state index contributed by atoms with van der Waals surface area (Å²) < 4.78 is 44.8. The first-order chi connectivity index (χ1) is 9.93. The normalized spacial score (nSPS) is 13.4. The van der Waals surface area contributed by atoms with Gasteiger partial charge < -0.3 is 9.73 Å². The summed E-state index contributed by atoms with van der Waals surface area (Å²) in [4.78, 5) is 0. The largest absolute Gasteiger partial charge is 0.448 e. The summed E-state index contributed by atoms with van der Waals surface area (Å²) in [6.45, 7) is 2.50. The van der Waals surface area contributed by atoms with Crippen molar-refractivity contribution >= 4 is 11.6 Å². The summed E-state index contributed by atoms with van der Waals surface area (Å²) in [5.74, 6) is 0.366. The third-order valence-electron chi connectivity index (χ3n) is 3.05. The van der Waals surface area contributed by atoms with E-state index in [1.165, 1.54) is 18.2 Å². The van der Waals surface area contributed by atoms with Crippen LogP contribution in [0.5, 0.6) is 0 Å². The monoisotopic (exact) mass is 317 g/mol. The number of hydrogen-bond donors (Lipinski definition) is 1. The lowest BCUT2D eigenvalue weighted by Gasteiger charge is -2.21. The van der Waals surface area contributed by atoms with E-state index in [9.17, 15) is 13.2 Å². The molecule has 0 amide bonds. The van der Waals surface area contributed by atoms with E-state index in [4.69, 9.17) is 16.0 Å². The first kappa shape index (κ1) is 15.9. The van der Waals surface area contributed by atoms with Crippen molar-refractivity contribution in [3.8, 4) is 0 Å².